The summed E-state index contributed by atoms with van der Waals surface area (Å²) < 4.78 is 27.6. The van der Waals surface area contributed by atoms with E-state index in [4.69, 9.17) is 11.6 Å². The summed E-state index contributed by atoms with van der Waals surface area (Å²) in [5.41, 5.74) is 4.41. The zero-order chi connectivity index (χ0) is 21.0. The topological polar surface area (TPSA) is 37.3 Å². The Kier molecular flexibility index (Phi) is 6.60. The molecule has 0 spiro atoms. The maximum absolute atomic E-state index is 13.8. The number of hydrogen-bond acceptors (Lipinski definition) is 3. The molecule has 2 aromatic carbocycles. The lowest BCUT2D eigenvalue weighted by Crippen LogP contribution is -2.06. The first kappa shape index (κ1) is 20.9. The van der Waals surface area contributed by atoms with Crippen LogP contribution in [0.3, 0.4) is 0 Å². The second-order valence-electron chi connectivity index (χ2n) is 6.95. The van der Waals surface area contributed by atoms with E-state index < -0.39 is 11.6 Å². The van der Waals surface area contributed by atoms with Gasteiger partial charge in [0.15, 0.2) is 5.82 Å². The minimum atomic E-state index is -0.618. The molecule has 29 heavy (non-hydrogen) atoms. The van der Waals surface area contributed by atoms with E-state index >= 15 is 0 Å². The number of anilines is 1. The van der Waals surface area contributed by atoms with Crippen molar-refractivity contribution in [3.05, 3.63) is 86.9 Å². The standard InChI is InChI=1S/C23H22ClF2N3/c1-14-7-8-17(11-15(14)2)9-10-27-22-16(3)12-19(24)23(29-22)28-13-18-20(25)5-4-6-21(18)26/h4-8,10-12H,9,13H2,1-3H3,(H,28,29). The van der Waals surface area contributed by atoms with E-state index in [-0.39, 0.29) is 12.1 Å². The highest BCUT2D eigenvalue weighted by atomic mass is 35.5. The van der Waals surface area contributed by atoms with Crippen molar-refractivity contribution in [2.24, 2.45) is 4.99 Å². The van der Waals surface area contributed by atoms with Gasteiger partial charge >= 0.3 is 0 Å². The first-order valence-corrected chi connectivity index (χ1v) is 9.65. The van der Waals surface area contributed by atoms with Gasteiger partial charge in [-0.15, -0.1) is 0 Å². The molecule has 150 valence electrons. The molecule has 1 N–H and O–H groups in total. The van der Waals surface area contributed by atoms with Gasteiger partial charge in [-0.05, 0) is 61.2 Å². The van der Waals surface area contributed by atoms with Gasteiger partial charge in [-0.2, -0.15) is 0 Å². The molecular weight excluding hydrogens is 392 g/mol. The zero-order valence-electron chi connectivity index (χ0n) is 16.6. The van der Waals surface area contributed by atoms with Gasteiger partial charge < -0.3 is 5.32 Å². The number of aromatic nitrogens is 1. The minimum absolute atomic E-state index is 0.0641. The molecule has 3 aromatic rings. The van der Waals surface area contributed by atoms with Gasteiger partial charge in [0, 0.05) is 24.7 Å². The quantitative estimate of drug-likeness (QED) is 0.468. The van der Waals surface area contributed by atoms with Gasteiger partial charge in [-0.3, -0.25) is 0 Å². The van der Waals surface area contributed by atoms with E-state index in [0.29, 0.717) is 23.1 Å². The number of nitrogens with one attached hydrogen (secondary N) is 1. The molecule has 0 unspecified atom stereocenters. The third-order valence-corrected chi connectivity index (χ3v) is 5.03. The van der Waals surface area contributed by atoms with Crippen LogP contribution < -0.4 is 5.32 Å². The highest BCUT2D eigenvalue weighted by molar-refractivity contribution is 6.33. The predicted molar refractivity (Wildman–Crippen MR) is 115 cm³/mol. The van der Waals surface area contributed by atoms with Gasteiger partial charge in [-0.1, -0.05) is 35.9 Å². The van der Waals surface area contributed by atoms with Crippen molar-refractivity contribution >= 4 is 29.5 Å². The van der Waals surface area contributed by atoms with Crippen LogP contribution in [0.4, 0.5) is 20.4 Å². The van der Waals surface area contributed by atoms with Gasteiger partial charge in [0.1, 0.15) is 17.5 Å². The lowest BCUT2D eigenvalue weighted by Gasteiger charge is -2.11. The lowest BCUT2D eigenvalue weighted by molar-refractivity contribution is 0.560. The monoisotopic (exact) mass is 413 g/mol. The Morgan fingerprint density at radius 1 is 1.00 bits per heavy atom. The number of rotatable bonds is 6. The first-order chi connectivity index (χ1) is 13.8. The first-order valence-electron chi connectivity index (χ1n) is 9.27. The molecule has 0 amide bonds. The molecule has 0 atom stereocenters. The average Bonchev–Trinajstić information content (AvgIpc) is 2.67. The maximum atomic E-state index is 13.8. The second-order valence-corrected chi connectivity index (χ2v) is 7.35. The van der Waals surface area contributed by atoms with Crippen LogP contribution in [0.15, 0.2) is 47.5 Å². The van der Waals surface area contributed by atoms with Crippen molar-refractivity contribution in [3.8, 4) is 0 Å². The Balaban J connectivity index is 1.75. The van der Waals surface area contributed by atoms with E-state index in [2.05, 4.69) is 47.3 Å². The molecular formula is C23H22ClF2N3. The van der Waals surface area contributed by atoms with Crippen LogP contribution in [0.25, 0.3) is 0 Å². The number of aryl methyl sites for hydroxylation is 3. The lowest BCUT2D eigenvalue weighted by atomic mass is 10.0. The molecule has 3 rings (SSSR count). The van der Waals surface area contributed by atoms with Crippen LogP contribution in [0.1, 0.15) is 27.8 Å². The summed E-state index contributed by atoms with van der Waals surface area (Å²) in [7, 11) is 0. The Morgan fingerprint density at radius 2 is 1.72 bits per heavy atom. The van der Waals surface area contributed by atoms with E-state index in [1.807, 2.05) is 6.92 Å². The number of nitrogens with zero attached hydrogens (tertiary/aromatic N) is 2. The average molecular weight is 414 g/mol. The molecule has 0 radical (unpaired) electrons. The van der Waals surface area contributed by atoms with Crippen LogP contribution in [-0.4, -0.2) is 11.2 Å². The third-order valence-electron chi connectivity index (χ3n) is 4.75. The fraction of sp³-hybridized carbons (Fsp3) is 0.217. The number of hydrogen-bond donors (Lipinski definition) is 1. The van der Waals surface area contributed by atoms with Gasteiger partial charge in [0.05, 0.1) is 5.02 Å². The van der Waals surface area contributed by atoms with E-state index in [1.165, 1.54) is 29.3 Å². The number of benzene rings is 2. The van der Waals surface area contributed by atoms with Gasteiger partial charge in [0.25, 0.3) is 0 Å². The molecule has 0 saturated carbocycles. The van der Waals surface area contributed by atoms with Crippen LogP contribution in [-0.2, 0) is 13.0 Å². The molecule has 0 bridgehead atoms. The highest BCUT2D eigenvalue weighted by Crippen LogP contribution is 2.27. The molecule has 0 fully saturated rings. The Labute approximate surface area is 174 Å². The van der Waals surface area contributed by atoms with Crippen LogP contribution in [0.2, 0.25) is 5.02 Å². The normalized spacial score (nSPS) is 11.2. The fourth-order valence-electron chi connectivity index (χ4n) is 2.87. The summed E-state index contributed by atoms with van der Waals surface area (Å²) in [6, 6.07) is 11.8. The molecule has 1 heterocycles. The van der Waals surface area contributed by atoms with E-state index in [0.717, 1.165) is 11.1 Å². The largest absolute Gasteiger partial charge is 0.364 e. The number of halogens is 3. The molecule has 1 aromatic heterocycles. The third kappa shape index (κ3) is 5.18. The maximum Gasteiger partial charge on any atom is 0.156 e. The number of pyridine rings is 1. The van der Waals surface area contributed by atoms with E-state index in [1.54, 1.807) is 12.3 Å². The van der Waals surface area contributed by atoms with Crippen molar-refractivity contribution in [3.63, 3.8) is 0 Å². The van der Waals surface area contributed by atoms with Gasteiger partial charge in [-0.25, -0.2) is 18.8 Å². The zero-order valence-corrected chi connectivity index (χ0v) is 17.3. The minimum Gasteiger partial charge on any atom is -0.364 e. The summed E-state index contributed by atoms with van der Waals surface area (Å²) in [5.74, 6) is -0.396. The van der Waals surface area contributed by atoms with Crippen molar-refractivity contribution in [1.82, 2.24) is 4.98 Å². The molecule has 0 aliphatic rings. The number of aliphatic imine (C=N–C) groups is 1. The Morgan fingerprint density at radius 3 is 2.41 bits per heavy atom. The summed E-state index contributed by atoms with van der Waals surface area (Å²) >= 11 is 6.25. The van der Waals surface area contributed by atoms with Crippen LogP contribution in [0.5, 0.6) is 0 Å². The second kappa shape index (κ2) is 9.14. The molecule has 3 nitrogen and oxygen atoms in total. The van der Waals surface area contributed by atoms with Crippen molar-refractivity contribution in [2.75, 3.05) is 5.32 Å². The van der Waals surface area contributed by atoms with Crippen molar-refractivity contribution in [1.29, 1.82) is 0 Å². The summed E-state index contributed by atoms with van der Waals surface area (Å²) in [6.07, 6.45) is 2.47. The van der Waals surface area contributed by atoms with Gasteiger partial charge in [0.2, 0.25) is 0 Å². The molecule has 0 saturated heterocycles. The Hall–Kier alpha value is -2.79. The Bertz CT molecular complexity index is 1040. The predicted octanol–water partition coefficient (Wildman–Crippen LogP) is 6.50. The van der Waals surface area contributed by atoms with Crippen molar-refractivity contribution < 1.29 is 8.78 Å². The highest BCUT2D eigenvalue weighted by Gasteiger charge is 2.11. The SMILES string of the molecule is Cc1ccc(CC=Nc2nc(NCc3c(F)cccc3F)c(Cl)cc2C)cc1C. The molecule has 6 heteroatoms. The summed E-state index contributed by atoms with van der Waals surface area (Å²) in [4.78, 5) is 8.89. The molecule has 0 aliphatic heterocycles. The van der Waals surface area contributed by atoms with E-state index in [9.17, 15) is 8.78 Å². The van der Waals surface area contributed by atoms with Crippen LogP contribution >= 0.6 is 11.6 Å². The fourth-order valence-corrected chi connectivity index (χ4v) is 3.14. The van der Waals surface area contributed by atoms with Crippen LogP contribution in [0, 0.1) is 32.4 Å². The summed E-state index contributed by atoms with van der Waals surface area (Å²) in [5, 5.41) is 3.27. The van der Waals surface area contributed by atoms with Crippen molar-refractivity contribution in [2.45, 2.75) is 33.7 Å². The smallest absolute Gasteiger partial charge is 0.156 e. The summed E-state index contributed by atoms with van der Waals surface area (Å²) in [6.45, 7) is 5.95. The molecule has 0 aliphatic carbocycles.